The number of aromatic hydroxyl groups is 1. The molecule has 2 aromatic rings. The third kappa shape index (κ3) is 15.2. The minimum Gasteiger partial charge on any atom is -0.508 e. The summed E-state index contributed by atoms with van der Waals surface area (Å²) in [6, 6.07) is 3.83. The molecule has 15 nitrogen and oxygen atoms in total. The van der Waals surface area contributed by atoms with Crippen LogP contribution in [0.4, 0.5) is 0 Å². The van der Waals surface area contributed by atoms with Gasteiger partial charge in [0.25, 0.3) is 5.91 Å². The molecular formula is C43H65N5O10S. The second kappa shape index (κ2) is 23.3. The highest BCUT2D eigenvalue weighted by Gasteiger charge is 2.39. The Morgan fingerprint density at radius 1 is 1.00 bits per heavy atom. The fourth-order valence-electron chi connectivity index (χ4n) is 7.19. The highest BCUT2D eigenvalue weighted by atomic mass is 32.1. The Morgan fingerprint density at radius 3 is 2.25 bits per heavy atom. The lowest BCUT2D eigenvalue weighted by atomic mass is 9.92. The summed E-state index contributed by atoms with van der Waals surface area (Å²) in [5, 5.41) is 27.1. The molecule has 3 amide bonds. The van der Waals surface area contributed by atoms with Crippen LogP contribution in [0.15, 0.2) is 29.6 Å². The summed E-state index contributed by atoms with van der Waals surface area (Å²) in [5.41, 5.74) is 0.814. The number of amides is 3. The zero-order chi connectivity index (χ0) is 44.0. The van der Waals surface area contributed by atoms with Crippen LogP contribution in [-0.2, 0) is 39.9 Å². The maximum Gasteiger partial charge on any atom is 0.307 e. The summed E-state index contributed by atoms with van der Waals surface area (Å²) >= 11 is 1.10. The Morgan fingerprint density at radius 2 is 1.68 bits per heavy atom. The third-order valence-corrected chi connectivity index (χ3v) is 11.8. The van der Waals surface area contributed by atoms with E-state index in [1.165, 1.54) is 29.3 Å². The first kappa shape index (κ1) is 48.8. The van der Waals surface area contributed by atoms with E-state index in [1.807, 2.05) is 53.5 Å². The predicted molar refractivity (Wildman–Crippen MR) is 223 cm³/mol. The molecule has 16 heteroatoms. The molecule has 2 heterocycles. The highest BCUT2D eigenvalue weighted by molar-refractivity contribution is 7.09. The minimum absolute atomic E-state index is 0.0143. The van der Waals surface area contributed by atoms with Crippen LogP contribution in [0.2, 0.25) is 0 Å². The Labute approximate surface area is 352 Å². The molecule has 0 radical (unpaired) electrons. The van der Waals surface area contributed by atoms with Gasteiger partial charge in [-0.15, -0.1) is 11.3 Å². The number of nitrogens with one attached hydrogen (secondary N) is 2. The zero-order valence-corrected chi connectivity index (χ0v) is 36.9. The van der Waals surface area contributed by atoms with Gasteiger partial charge in [0.1, 0.15) is 22.5 Å². The lowest BCUT2D eigenvalue weighted by Crippen LogP contribution is -2.59. The first-order chi connectivity index (χ1) is 27.8. The first-order valence-corrected chi connectivity index (χ1v) is 21.6. The van der Waals surface area contributed by atoms with Gasteiger partial charge in [0.05, 0.1) is 12.0 Å². The van der Waals surface area contributed by atoms with Gasteiger partial charge in [0, 0.05) is 37.2 Å². The van der Waals surface area contributed by atoms with Gasteiger partial charge in [0.15, 0.2) is 12.8 Å². The number of phenolic OH excluding ortho intramolecular Hbond substituents is 1. The van der Waals surface area contributed by atoms with Crippen molar-refractivity contribution in [2.75, 3.05) is 20.3 Å². The van der Waals surface area contributed by atoms with Crippen molar-refractivity contribution in [2.24, 2.45) is 23.7 Å². The number of esters is 2. The smallest absolute Gasteiger partial charge is 0.307 e. The van der Waals surface area contributed by atoms with Crippen molar-refractivity contribution < 1.29 is 48.5 Å². The van der Waals surface area contributed by atoms with Crippen molar-refractivity contribution in [3.8, 4) is 5.75 Å². The number of rotatable bonds is 22. The van der Waals surface area contributed by atoms with Gasteiger partial charge in [-0.05, 0) is 74.7 Å². The number of carboxylic acid groups (broad SMARTS) is 1. The number of benzene rings is 1. The average Bonchev–Trinajstić information content (AvgIpc) is 3.67. The molecule has 59 heavy (non-hydrogen) atoms. The second-order valence-corrected chi connectivity index (χ2v) is 17.5. The molecule has 0 spiro atoms. The van der Waals surface area contributed by atoms with Gasteiger partial charge in [-0.3, -0.25) is 33.7 Å². The molecule has 328 valence electrons. The number of carboxylic acids is 1. The SMILES string of the molecule is CC[C@H](C)[C@@H](NC(=O)[C@H]1CCCCN1C)C(=O)N(COC(=O)CC(C)C)[C@H](C[C@H](OC(C)=O)c1nc(C(=O)N[C@@H](Cc2ccc(O)cc2)C[C@@H](C)C(=O)O)cs1)C(C)C. The number of hydrogen-bond donors (Lipinski definition) is 4. The van der Waals surface area contributed by atoms with Gasteiger partial charge >= 0.3 is 17.9 Å². The van der Waals surface area contributed by atoms with Gasteiger partial charge in [-0.1, -0.05) is 73.4 Å². The monoisotopic (exact) mass is 843 g/mol. The molecule has 1 fully saturated rings. The fourth-order valence-corrected chi connectivity index (χ4v) is 8.03. The van der Waals surface area contributed by atoms with Gasteiger partial charge in [0.2, 0.25) is 11.8 Å². The van der Waals surface area contributed by atoms with Crippen LogP contribution in [0.5, 0.6) is 5.75 Å². The number of carbonyl (C=O) groups excluding carboxylic acids is 5. The molecule has 0 bridgehead atoms. The lowest BCUT2D eigenvalue weighted by molar-refractivity contribution is -0.161. The number of piperidine rings is 1. The summed E-state index contributed by atoms with van der Waals surface area (Å²) in [4.78, 5) is 87.4. The second-order valence-electron chi connectivity index (χ2n) is 16.6. The van der Waals surface area contributed by atoms with Crippen molar-refractivity contribution in [1.82, 2.24) is 25.4 Å². The van der Waals surface area contributed by atoms with Crippen molar-refractivity contribution >= 4 is 47.0 Å². The standard InChI is InChI=1S/C43H65N5O10S/c1-10-27(6)38(46-40(53)34-13-11-12-18-47(34)9)42(54)48(24-57-37(51)19-25(2)3)35(26(4)5)22-36(58-29(8)49)41-45-33(23-59-41)39(52)44-31(20-28(7)43(55)56)21-30-14-16-32(50)17-15-30/h14-17,23,25-28,31,34-36,38,50H,10-13,18-22,24H2,1-9H3,(H,44,52)(H,46,53)(H,55,56)/t27-,28+,31+,34+,35+,36-,38+/m0/s1. The Balaban J connectivity index is 1.96. The molecule has 7 atom stereocenters. The number of likely N-dealkylation sites (N-methyl/N-ethyl adjacent to an activating group) is 1. The number of hydrogen-bond acceptors (Lipinski definition) is 12. The molecular weight excluding hydrogens is 779 g/mol. The van der Waals surface area contributed by atoms with E-state index in [1.54, 1.807) is 19.1 Å². The maximum atomic E-state index is 14.8. The number of nitrogens with zero attached hydrogens (tertiary/aromatic N) is 3. The number of carbonyl (C=O) groups is 6. The Hall–Kier alpha value is -4.57. The number of ether oxygens (including phenoxy) is 2. The van der Waals surface area contributed by atoms with E-state index in [9.17, 15) is 39.0 Å². The molecule has 1 saturated heterocycles. The molecule has 1 aromatic carbocycles. The number of thiazole rings is 1. The van der Waals surface area contributed by atoms with Gasteiger partial charge in [-0.2, -0.15) is 0 Å². The number of phenols is 1. The molecule has 0 saturated carbocycles. The highest BCUT2D eigenvalue weighted by Crippen LogP contribution is 2.32. The van der Waals surface area contributed by atoms with Crippen molar-refractivity contribution in [1.29, 1.82) is 0 Å². The number of aromatic nitrogens is 1. The van der Waals surface area contributed by atoms with E-state index in [2.05, 4.69) is 15.6 Å². The van der Waals surface area contributed by atoms with Crippen LogP contribution >= 0.6 is 11.3 Å². The minimum atomic E-state index is -1.01. The first-order valence-electron chi connectivity index (χ1n) is 20.7. The quantitative estimate of drug-likeness (QED) is 0.0832. The number of aliphatic carboxylic acids is 1. The maximum absolute atomic E-state index is 14.8. The fraction of sp³-hybridized carbons (Fsp3) is 0.651. The molecule has 4 N–H and O–H groups in total. The number of likely N-dealkylation sites (tertiary alicyclic amines) is 1. The van der Waals surface area contributed by atoms with Gasteiger partial charge in [-0.25, -0.2) is 4.98 Å². The third-order valence-electron chi connectivity index (χ3n) is 10.8. The predicted octanol–water partition coefficient (Wildman–Crippen LogP) is 5.71. The van der Waals surface area contributed by atoms with Crippen molar-refractivity contribution in [2.45, 2.75) is 137 Å². The molecule has 1 aliphatic heterocycles. The van der Waals surface area contributed by atoms with Crippen LogP contribution < -0.4 is 10.6 Å². The largest absolute Gasteiger partial charge is 0.508 e. The molecule has 0 aliphatic carbocycles. The van der Waals surface area contributed by atoms with Crippen LogP contribution in [0.25, 0.3) is 0 Å². The normalized spacial score (nSPS) is 17.6. The lowest BCUT2D eigenvalue weighted by Gasteiger charge is -2.39. The van der Waals surface area contributed by atoms with Crippen molar-refractivity contribution in [3.63, 3.8) is 0 Å². The van der Waals surface area contributed by atoms with Crippen LogP contribution in [0, 0.1) is 23.7 Å². The molecule has 1 aromatic heterocycles. The van der Waals surface area contributed by atoms with E-state index in [0.717, 1.165) is 36.3 Å². The molecule has 0 unspecified atom stereocenters. The molecule has 3 rings (SSSR count). The van der Waals surface area contributed by atoms with Crippen LogP contribution in [-0.4, -0.2) is 105 Å². The summed E-state index contributed by atoms with van der Waals surface area (Å²) in [5.74, 6) is -4.54. The van der Waals surface area contributed by atoms with E-state index in [-0.39, 0.29) is 60.4 Å². The Kier molecular flexibility index (Phi) is 19.3. The van der Waals surface area contributed by atoms with E-state index in [4.69, 9.17) is 9.47 Å². The van der Waals surface area contributed by atoms with Gasteiger partial charge < -0.3 is 35.2 Å². The molecule has 1 aliphatic rings. The van der Waals surface area contributed by atoms with Crippen LogP contribution in [0.3, 0.4) is 0 Å². The van der Waals surface area contributed by atoms with Crippen LogP contribution in [0.1, 0.15) is 127 Å². The van der Waals surface area contributed by atoms with E-state index >= 15 is 0 Å². The summed E-state index contributed by atoms with van der Waals surface area (Å²) in [6.07, 6.45) is 2.73. The topological polar surface area (TPSA) is 205 Å². The van der Waals surface area contributed by atoms with Crippen molar-refractivity contribution in [3.05, 3.63) is 45.9 Å². The van der Waals surface area contributed by atoms with E-state index < -0.39 is 66.6 Å². The summed E-state index contributed by atoms with van der Waals surface area (Å²) < 4.78 is 11.5. The summed E-state index contributed by atoms with van der Waals surface area (Å²) in [6.45, 7) is 14.6. The summed E-state index contributed by atoms with van der Waals surface area (Å²) in [7, 11) is 1.90. The average molecular weight is 844 g/mol. The van der Waals surface area contributed by atoms with E-state index in [0.29, 0.717) is 24.3 Å². The Bertz CT molecular complexity index is 1720. The zero-order valence-electron chi connectivity index (χ0n) is 36.1.